The van der Waals surface area contributed by atoms with Crippen molar-refractivity contribution in [3.05, 3.63) is 98.1 Å². The smallest absolute Gasteiger partial charge is 0.293 e. The Kier molecular flexibility index (Phi) is 8.00. The molecule has 9 heteroatoms. The lowest BCUT2D eigenvalue weighted by atomic mass is 10.1. The number of rotatable bonds is 8. The summed E-state index contributed by atoms with van der Waals surface area (Å²) in [4.78, 5) is 26.6. The van der Waals surface area contributed by atoms with E-state index in [-0.39, 0.29) is 23.6 Å². The second kappa shape index (κ2) is 11.2. The van der Waals surface area contributed by atoms with Gasteiger partial charge in [0.25, 0.3) is 11.1 Å². The van der Waals surface area contributed by atoms with Gasteiger partial charge in [-0.2, -0.15) is 0 Å². The third-order valence-corrected chi connectivity index (χ3v) is 6.77. The number of carbonyl (C=O) groups excluding carboxylic acids is 2. The summed E-state index contributed by atoms with van der Waals surface area (Å²) in [5.41, 5.74) is 1.58. The Morgan fingerprint density at radius 2 is 1.71 bits per heavy atom. The molecule has 0 unspecified atom stereocenters. The number of thioether (sulfide) groups is 1. The molecule has 0 bridgehead atoms. The maximum Gasteiger partial charge on any atom is 0.293 e. The molecule has 0 radical (unpaired) electrons. The predicted octanol–water partition coefficient (Wildman–Crippen LogP) is 7.35. The highest BCUT2D eigenvalue weighted by molar-refractivity contribution is 8.18. The zero-order valence-electron chi connectivity index (χ0n) is 18.6. The number of ether oxygens (including phenoxy) is 2. The molecule has 1 aliphatic heterocycles. The molecule has 1 heterocycles. The van der Waals surface area contributed by atoms with Gasteiger partial charge in [-0.05, 0) is 60.7 Å². The van der Waals surface area contributed by atoms with E-state index in [4.69, 9.17) is 32.7 Å². The van der Waals surface area contributed by atoms with Crippen LogP contribution in [-0.2, 0) is 17.9 Å². The van der Waals surface area contributed by atoms with Gasteiger partial charge in [0.1, 0.15) is 12.4 Å². The van der Waals surface area contributed by atoms with E-state index in [1.165, 1.54) is 6.07 Å². The summed E-state index contributed by atoms with van der Waals surface area (Å²) in [5, 5.41) is 0.544. The fourth-order valence-electron chi connectivity index (χ4n) is 3.41. The third kappa shape index (κ3) is 5.81. The summed E-state index contributed by atoms with van der Waals surface area (Å²) in [7, 11) is 0. The average molecular weight is 532 g/mol. The van der Waals surface area contributed by atoms with Gasteiger partial charge < -0.3 is 9.47 Å². The van der Waals surface area contributed by atoms with Gasteiger partial charge in [-0.3, -0.25) is 14.5 Å². The molecule has 0 saturated carbocycles. The van der Waals surface area contributed by atoms with E-state index in [1.807, 2.05) is 6.92 Å². The second-order valence-electron chi connectivity index (χ2n) is 7.49. The van der Waals surface area contributed by atoms with Gasteiger partial charge in [0.2, 0.25) is 0 Å². The SMILES string of the molecule is CCOc1cc(/C=C2\SC(=O)N(Cc3ccccc3F)C2=O)ccc1OCc1c(Cl)cccc1Cl. The molecule has 35 heavy (non-hydrogen) atoms. The quantitative estimate of drug-likeness (QED) is 0.284. The molecule has 3 aromatic rings. The minimum atomic E-state index is -0.477. The van der Waals surface area contributed by atoms with Gasteiger partial charge in [-0.25, -0.2) is 4.39 Å². The molecule has 180 valence electrons. The Bertz CT molecular complexity index is 1290. The molecule has 1 aliphatic rings. The van der Waals surface area contributed by atoms with Crippen molar-refractivity contribution in [2.45, 2.75) is 20.1 Å². The molecule has 4 rings (SSSR count). The van der Waals surface area contributed by atoms with Crippen LogP contribution in [0.25, 0.3) is 6.08 Å². The van der Waals surface area contributed by atoms with Gasteiger partial charge in [-0.15, -0.1) is 0 Å². The molecule has 0 N–H and O–H groups in total. The van der Waals surface area contributed by atoms with Crippen molar-refractivity contribution in [3.8, 4) is 11.5 Å². The molecule has 1 fully saturated rings. The number of hydrogen-bond donors (Lipinski definition) is 0. The number of nitrogens with zero attached hydrogens (tertiary/aromatic N) is 1. The van der Waals surface area contributed by atoms with E-state index in [1.54, 1.807) is 60.7 Å². The Hall–Kier alpha value is -3.00. The lowest BCUT2D eigenvalue weighted by Gasteiger charge is -2.14. The summed E-state index contributed by atoms with van der Waals surface area (Å²) in [5.74, 6) is 0.00288. The maximum atomic E-state index is 14.0. The van der Waals surface area contributed by atoms with Crippen LogP contribution in [0.3, 0.4) is 0 Å². The van der Waals surface area contributed by atoms with E-state index in [9.17, 15) is 14.0 Å². The normalized spacial score (nSPS) is 14.6. The molecule has 3 aromatic carbocycles. The van der Waals surface area contributed by atoms with Crippen LogP contribution in [0.4, 0.5) is 9.18 Å². The Labute approximate surface area is 216 Å². The fourth-order valence-corrected chi connectivity index (χ4v) is 4.75. The first kappa shape index (κ1) is 25.1. The largest absolute Gasteiger partial charge is 0.490 e. The standard InChI is InChI=1S/C26H20Cl2FNO4S/c1-2-33-23-12-16(10-11-22(23)34-15-18-19(27)7-5-8-20(18)28)13-24-25(31)30(26(32)35-24)14-17-6-3-4-9-21(17)29/h3-13H,2,14-15H2,1H3/b24-13-. The minimum absolute atomic E-state index is 0.129. The van der Waals surface area contributed by atoms with Gasteiger partial charge in [-0.1, -0.05) is 53.5 Å². The summed E-state index contributed by atoms with van der Waals surface area (Å²) < 4.78 is 25.6. The van der Waals surface area contributed by atoms with Crippen molar-refractivity contribution >= 4 is 52.2 Å². The van der Waals surface area contributed by atoms with Crippen molar-refractivity contribution in [3.63, 3.8) is 0 Å². The van der Waals surface area contributed by atoms with Crippen molar-refractivity contribution in [1.82, 2.24) is 4.90 Å². The van der Waals surface area contributed by atoms with Crippen molar-refractivity contribution in [2.75, 3.05) is 6.61 Å². The maximum absolute atomic E-state index is 14.0. The monoisotopic (exact) mass is 531 g/mol. The van der Waals surface area contributed by atoms with Crippen molar-refractivity contribution < 1.29 is 23.5 Å². The van der Waals surface area contributed by atoms with Crippen LogP contribution in [0.2, 0.25) is 10.0 Å². The highest BCUT2D eigenvalue weighted by Crippen LogP contribution is 2.36. The van der Waals surface area contributed by atoms with E-state index >= 15 is 0 Å². The predicted molar refractivity (Wildman–Crippen MR) is 136 cm³/mol. The van der Waals surface area contributed by atoms with Crippen molar-refractivity contribution in [2.24, 2.45) is 0 Å². The number of halogens is 3. The van der Waals surface area contributed by atoms with Crippen LogP contribution in [-0.4, -0.2) is 22.7 Å². The fraction of sp³-hybridized carbons (Fsp3) is 0.154. The van der Waals surface area contributed by atoms with Crippen LogP contribution >= 0.6 is 35.0 Å². The third-order valence-electron chi connectivity index (χ3n) is 5.16. The molecule has 0 spiro atoms. The highest BCUT2D eigenvalue weighted by atomic mass is 35.5. The number of hydrogen-bond acceptors (Lipinski definition) is 5. The zero-order chi connectivity index (χ0) is 24.9. The van der Waals surface area contributed by atoms with E-state index < -0.39 is 17.0 Å². The van der Waals surface area contributed by atoms with Crippen LogP contribution in [0, 0.1) is 5.82 Å². The Balaban J connectivity index is 1.53. The van der Waals surface area contributed by atoms with E-state index in [2.05, 4.69) is 0 Å². The summed E-state index contributed by atoms with van der Waals surface area (Å²) >= 11 is 13.3. The molecule has 0 aromatic heterocycles. The topological polar surface area (TPSA) is 55.8 Å². The molecule has 0 aliphatic carbocycles. The van der Waals surface area contributed by atoms with Crippen molar-refractivity contribution in [1.29, 1.82) is 0 Å². The highest BCUT2D eigenvalue weighted by Gasteiger charge is 2.35. The number of benzene rings is 3. The van der Waals surface area contributed by atoms with Crippen LogP contribution in [0.1, 0.15) is 23.6 Å². The second-order valence-corrected chi connectivity index (χ2v) is 9.29. The lowest BCUT2D eigenvalue weighted by molar-refractivity contribution is -0.123. The number of carbonyl (C=O) groups is 2. The zero-order valence-corrected chi connectivity index (χ0v) is 20.9. The van der Waals surface area contributed by atoms with Crippen LogP contribution in [0.5, 0.6) is 11.5 Å². The first-order valence-electron chi connectivity index (χ1n) is 10.7. The van der Waals surface area contributed by atoms with Gasteiger partial charge in [0.05, 0.1) is 18.1 Å². The van der Waals surface area contributed by atoms with Crippen LogP contribution in [0.15, 0.2) is 65.6 Å². The summed E-state index contributed by atoms with van der Waals surface area (Å²) in [6.07, 6.45) is 1.60. The van der Waals surface area contributed by atoms with Crippen LogP contribution < -0.4 is 9.47 Å². The average Bonchev–Trinajstić information content (AvgIpc) is 3.09. The Morgan fingerprint density at radius 1 is 0.971 bits per heavy atom. The van der Waals surface area contributed by atoms with E-state index in [0.29, 0.717) is 39.3 Å². The molecule has 2 amide bonds. The number of imide groups is 1. The van der Waals surface area contributed by atoms with Gasteiger partial charge >= 0.3 is 0 Å². The van der Waals surface area contributed by atoms with E-state index in [0.717, 1.165) is 16.7 Å². The summed E-state index contributed by atoms with van der Waals surface area (Å²) in [6.45, 7) is 2.25. The molecule has 1 saturated heterocycles. The molecular formula is C26H20Cl2FNO4S. The van der Waals surface area contributed by atoms with Gasteiger partial charge in [0, 0.05) is 21.2 Å². The summed E-state index contributed by atoms with van der Waals surface area (Å²) in [6, 6.07) is 16.5. The van der Waals surface area contributed by atoms with Gasteiger partial charge in [0.15, 0.2) is 11.5 Å². The first-order valence-corrected chi connectivity index (χ1v) is 12.3. The molecular weight excluding hydrogens is 512 g/mol. The first-order chi connectivity index (χ1) is 16.9. The number of amides is 2. The Morgan fingerprint density at radius 3 is 2.43 bits per heavy atom. The minimum Gasteiger partial charge on any atom is -0.490 e. The molecule has 0 atom stereocenters. The lowest BCUT2D eigenvalue weighted by Crippen LogP contribution is -2.27. The molecule has 5 nitrogen and oxygen atoms in total.